The van der Waals surface area contributed by atoms with Crippen molar-refractivity contribution in [1.29, 1.82) is 0 Å². The number of benzene rings is 3. The third-order valence-corrected chi connectivity index (χ3v) is 3.80. The van der Waals surface area contributed by atoms with E-state index in [-0.39, 0.29) is 5.91 Å². The molecule has 3 aromatic rings. The Kier molecular flexibility index (Phi) is 4.92. The summed E-state index contributed by atoms with van der Waals surface area (Å²) in [5.41, 5.74) is 3.78. The van der Waals surface area contributed by atoms with E-state index in [1.54, 1.807) is 0 Å². The number of carbonyl (C=O) groups is 1. The van der Waals surface area contributed by atoms with Gasteiger partial charge in [-0.2, -0.15) is 0 Å². The SMILES string of the molecule is Cc1ccc(NC(=O)[C@H](Nc2ccccc2)c2ccccc2)cc1. The van der Waals surface area contributed by atoms with Gasteiger partial charge in [-0.25, -0.2) is 0 Å². The molecule has 3 heteroatoms. The minimum absolute atomic E-state index is 0.0890. The van der Waals surface area contributed by atoms with Crippen LogP contribution < -0.4 is 10.6 Å². The molecule has 3 rings (SSSR count). The molecule has 0 saturated carbocycles. The lowest BCUT2D eigenvalue weighted by Gasteiger charge is -2.20. The molecule has 0 saturated heterocycles. The van der Waals surface area contributed by atoms with E-state index in [2.05, 4.69) is 10.6 Å². The predicted octanol–water partition coefficient (Wildman–Crippen LogP) is 4.79. The maximum atomic E-state index is 12.8. The lowest BCUT2D eigenvalue weighted by atomic mass is 10.1. The van der Waals surface area contributed by atoms with Crippen LogP contribution in [-0.2, 0) is 4.79 Å². The van der Waals surface area contributed by atoms with E-state index < -0.39 is 6.04 Å². The smallest absolute Gasteiger partial charge is 0.251 e. The van der Waals surface area contributed by atoms with Gasteiger partial charge in [0.2, 0.25) is 0 Å². The molecule has 3 nitrogen and oxygen atoms in total. The Morgan fingerprint density at radius 3 is 1.96 bits per heavy atom. The van der Waals surface area contributed by atoms with Gasteiger partial charge in [-0.05, 0) is 36.8 Å². The number of carbonyl (C=O) groups excluding carboxylic acids is 1. The van der Waals surface area contributed by atoms with Crippen molar-refractivity contribution < 1.29 is 4.79 Å². The van der Waals surface area contributed by atoms with Crippen LogP contribution in [0.15, 0.2) is 84.9 Å². The number of anilines is 2. The van der Waals surface area contributed by atoms with Gasteiger partial charge in [0.1, 0.15) is 6.04 Å². The fourth-order valence-electron chi connectivity index (χ4n) is 2.50. The molecule has 0 bridgehead atoms. The van der Waals surface area contributed by atoms with Crippen molar-refractivity contribution in [2.45, 2.75) is 13.0 Å². The minimum atomic E-state index is -0.463. The number of amides is 1. The minimum Gasteiger partial charge on any atom is -0.370 e. The summed E-state index contributed by atoms with van der Waals surface area (Å²) in [5.74, 6) is -0.0890. The molecule has 1 atom stereocenters. The Hall–Kier alpha value is -3.07. The quantitative estimate of drug-likeness (QED) is 0.711. The average Bonchev–Trinajstić information content (AvgIpc) is 2.63. The van der Waals surface area contributed by atoms with Gasteiger partial charge < -0.3 is 10.6 Å². The van der Waals surface area contributed by atoms with Gasteiger partial charge in [0.15, 0.2) is 0 Å². The molecule has 0 fully saturated rings. The van der Waals surface area contributed by atoms with Gasteiger partial charge in [0.05, 0.1) is 0 Å². The van der Waals surface area contributed by atoms with Gasteiger partial charge >= 0.3 is 0 Å². The number of rotatable bonds is 5. The Morgan fingerprint density at radius 1 is 0.750 bits per heavy atom. The van der Waals surface area contributed by atoms with Crippen molar-refractivity contribution >= 4 is 17.3 Å². The van der Waals surface area contributed by atoms with Crippen LogP contribution in [-0.4, -0.2) is 5.91 Å². The molecule has 0 aliphatic carbocycles. The van der Waals surface area contributed by atoms with Gasteiger partial charge in [0, 0.05) is 11.4 Å². The molecule has 0 heterocycles. The van der Waals surface area contributed by atoms with E-state index in [1.807, 2.05) is 91.9 Å². The van der Waals surface area contributed by atoms with Crippen LogP contribution in [0.5, 0.6) is 0 Å². The van der Waals surface area contributed by atoms with Crippen LogP contribution in [0.25, 0.3) is 0 Å². The molecule has 3 aromatic carbocycles. The Labute approximate surface area is 142 Å². The fourth-order valence-corrected chi connectivity index (χ4v) is 2.50. The summed E-state index contributed by atoms with van der Waals surface area (Å²) in [6, 6.07) is 26.8. The predicted molar refractivity (Wildman–Crippen MR) is 99.1 cm³/mol. The van der Waals surface area contributed by atoms with Crippen molar-refractivity contribution in [2.75, 3.05) is 10.6 Å². The van der Waals surface area contributed by atoms with Crippen molar-refractivity contribution in [3.63, 3.8) is 0 Å². The summed E-state index contributed by atoms with van der Waals surface area (Å²) in [5, 5.41) is 6.30. The molecule has 1 amide bonds. The Morgan fingerprint density at radius 2 is 1.33 bits per heavy atom. The first-order valence-corrected chi connectivity index (χ1v) is 7.96. The molecule has 24 heavy (non-hydrogen) atoms. The van der Waals surface area contributed by atoms with Crippen LogP contribution >= 0.6 is 0 Å². The van der Waals surface area contributed by atoms with Gasteiger partial charge in [-0.15, -0.1) is 0 Å². The van der Waals surface area contributed by atoms with Crippen LogP contribution in [0.3, 0.4) is 0 Å². The summed E-state index contributed by atoms with van der Waals surface area (Å²) < 4.78 is 0. The lowest BCUT2D eigenvalue weighted by Crippen LogP contribution is -2.27. The highest BCUT2D eigenvalue weighted by Crippen LogP contribution is 2.21. The van der Waals surface area contributed by atoms with Gasteiger partial charge in [-0.1, -0.05) is 66.2 Å². The summed E-state index contributed by atoms with van der Waals surface area (Å²) >= 11 is 0. The van der Waals surface area contributed by atoms with Crippen molar-refractivity contribution in [3.05, 3.63) is 96.1 Å². The zero-order valence-electron chi connectivity index (χ0n) is 13.6. The first kappa shape index (κ1) is 15.8. The second-order valence-electron chi connectivity index (χ2n) is 5.71. The summed E-state index contributed by atoms with van der Waals surface area (Å²) in [4.78, 5) is 12.8. The zero-order chi connectivity index (χ0) is 16.8. The maximum absolute atomic E-state index is 12.8. The largest absolute Gasteiger partial charge is 0.370 e. The number of hydrogen-bond acceptors (Lipinski definition) is 2. The number of nitrogens with one attached hydrogen (secondary N) is 2. The van der Waals surface area contributed by atoms with Crippen LogP contribution in [0.4, 0.5) is 11.4 Å². The van der Waals surface area contributed by atoms with Crippen molar-refractivity contribution in [3.8, 4) is 0 Å². The fraction of sp³-hybridized carbons (Fsp3) is 0.0952. The first-order valence-electron chi connectivity index (χ1n) is 7.96. The molecule has 0 aliphatic rings. The van der Waals surface area contributed by atoms with Crippen LogP contribution in [0.2, 0.25) is 0 Å². The maximum Gasteiger partial charge on any atom is 0.251 e. The first-order chi connectivity index (χ1) is 11.7. The molecule has 0 unspecified atom stereocenters. The van der Waals surface area contributed by atoms with E-state index in [4.69, 9.17) is 0 Å². The van der Waals surface area contributed by atoms with E-state index in [0.29, 0.717) is 0 Å². The van der Waals surface area contributed by atoms with Crippen molar-refractivity contribution in [2.24, 2.45) is 0 Å². The normalized spacial score (nSPS) is 11.5. The molecule has 0 aromatic heterocycles. The number of hydrogen-bond donors (Lipinski definition) is 2. The van der Waals surface area contributed by atoms with E-state index in [1.165, 1.54) is 0 Å². The highest BCUT2D eigenvalue weighted by Gasteiger charge is 2.20. The molecule has 0 aliphatic heterocycles. The second-order valence-corrected chi connectivity index (χ2v) is 5.71. The van der Waals surface area contributed by atoms with Crippen LogP contribution in [0.1, 0.15) is 17.2 Å². The monoisotopic (exact) mass is 316 g/mol. The van der Waals surface area contributed by atoms with E-state index in [9.17, 15) is 4.79 Å². The standard InChI is InChI=1S/C21H20N2O/c1-16-12-14-19(15-13-16)23-21(24)20(17-8-4-2-5-9-17)22-18-10-6-3-7-11-18/h2-15,20,22H,1H3,(H,23,24)/t20-/m1/s1. The molecule has 0 spiro atoms. The second kappa shape index (κ2) is 7.47. The zero-order valence-corrected chi connectivity index (χ0v) is 13.6. The van der Waals surface area contributed by atoms with E-state index >= 15 is 0 Å². The molecular formula is C21H20N2O. The summed E-state index contributed by atoms with van der Waals surface area (Å²) in [6.45, 7) is 2.02. The lowest BCUT2D eigenvalue weighted by molar-refractivity contribution is -0.117. The molecule has 0 radical (unpaired) electrons. The Balaban J connectivity index is 1.83. The topological polar surface area (TPSA) is 41.1 Å². The molecule has 2 N–H and O–H groups in total. The van der Waals surface area contributed by atoms with Crippen molar-refractivity contribution in [1.82, 2.24) is 0 Å². The molecule has 120 valence electrons. The number of aryl methyl sites for hydroxylation is 1. The Bertz CT molecular complexity index is 783. The third-order valence-electron chi connectivity index (χ3n) is 3.80. The molecular weight excluding hydrogens is 296 g/mol. The average molecular weight is 316 g/mol. The summed E-state index contributed by atoms with van der Waals surface area (Å²) in [6.07, 6.45) is 0. The highest BCUT2D eigenvalue weighted by atomic mass is 16.2. The third kappa shape index (κ3) is 4.02. The van der Waals surface area contributed by atoms with Gasteiger partial charge in [0.25, 0.3) is 5.91 Å². The number of para-hydroxylation sites is 1. The summed E-state index contributed by atoms with van der Waals surface area (Å²) in [7, 11) is 0. The van der Waals surface area contributed by atoms with E-state index in [0.717, 1.165) is 22.5 Å². The highest BCUT2D eigenvalue weighted by molar-refractivity contribution is 5.97. The van der Waals surface area contributed by atoms with Crippen LogP contribution in [0, 0.1) is 6.92 Å². The van der Waals surface area contributed by atoms with Gasteiger partial charge in [-0.3, -0.25) is 4.79 Å².